The number of hydrogen-bond acceptors (Lipinski definition) is 4. The van der Waals surface area contributed by atoms with Crippen LogP contribution in [0.3, 0.4) is 0 Å². The van der Waals surface area contributed by atoms with Gasteiger partial charge < -0.3 is 10.1 Å². The van der Waals surface area contributed by atoms with E-state index in [0.29, 0.717) is 6.54 Å². The minimum atomic E-state index is 0.0238. The van der Waals surface area contributed by atoms with Gasteiger partial charge in [0.2, 0.25) is 5.91 Å². The minimum Gasteiger partial charge on any atom is -0.497 e. The zero-order valence-electron chi connectivity index (χ0n) is 15.0. The standard InChI is InChI=1S/C21H22N2O2S/c1-15(24)22-12-4-5-16-8-10-17(11-9-16)20-14-26-21(23-20)18-6-3-7-19(13-18)25-2/h3,6-11,13-14H,4-5,12H2,1-2H3,(H,22,24). The molecule has 0 fully saturated rings. The predicted molar refractivity (Wildman–Crippen MR) is 107 cm³/mol. The number of nitrogens with zero attached hydrogens (tertiary/aromatic N) is 1. The molecule has 1 aromatic heterocycles. The van der Waals surface area contributed by atoms with Gasteiger partial charge >= 0.3 is 0 Å². The summed E-state index contributed by atoms with van der Waals surface area (Å²) in [6.45, 7) is 2.26. The molecule has 1 heterocycles. The van der Waals surface area contributed by atoms with Gasteiger partial charge in [-0.3, -0.25) is 4.79 Å². The molecule has 0 spiro atoms. The lowest BCUT2D eigenvalue weighted by Crippen LogP contribution is -2.21. The van der Waals surface area contributed by atoms with Crippen LogP contribution in [0, 0.1) is 0 Å². The first-order valence-electron chi connectivity index (χ1n) is 8.59. The maximum Gasteiger partial charge on any atom is 0.216 e. The number of nitrogens with one attached hydrogen (secondary N) is 1. The van der Waals surface area contributed by atoms with Crippen LogP contribution < -0.4 is 10.1 Å². The number of carbonyl (C=O) groups excluding carboxylic acids is 1. The molecule has 3 aromatic rings. The Balaban J connectivity index is 1.66. The third-order valence-electron chi connectivity index (χ3n) is 4.09. The van der Waals surface area contributed by atoms with E-state index in [1.54, 1.807) is 25.4 Å². The van der Waals surface area contributed by atoms with Crippen LogP contribution >= 0.6 is 11.3 Å². The van der Waals surface area contributed by atoms with E-state index < -0.39 is 0 Å². The first-order chi connectivity index (χ1) is 12.7. The SMILES string of the molecule is COc1cccc(-c2nc(-c3ccc(CCCNC(C)=O)cc3)cs2)c1. The Morgan fingerprint density at radius 2 is 1.96 bits per heavy atom. The first-order valence-corrected chi connectivity index (χ1v) is 9.47. The van der Waals surface area contributed by atoms with Gasteiger partial charge in [0.15, 0.2) is 0 Å². The summed E-state index contributed by atoms with van der Waals surface area (Å²) in [4.78, 5) is 15.6. The Morgan fingerprint density at radius 1 is 1.15 bits per heavy atom. The summed E-state index contributed by atoms with van der Waals surface area (Å²) in [7, 11) is 1.67. The molecule has 3 rings (SSSR count). The molecule has 0 unspecified atom stereocenters. The third kappa shape index (κ3) is 4.70. The molecule has 0 radical (unpaired) electrons. The second-order valence-electron chi connectivity index (χ2n) is 6.05. The van der Waals surface area contributed by atoms with Gasteiger partial charge in [-0.05, 0) is 30.5 Å². The van der Waals surface area contributed by atoms with Crippen LogP contribution in [0.4, 0.5) is 0 Å². The Labute approximate surface area is 157 Å². The fourth-order valence-electron chi connectivity index (χ4n) is 2.69. The molecular weight excluding hydrogens is 344 g/mol. The molecule has 1 N–H and O–H groups in total. The third-order valence-corrected chi connectivity index (χ3v) is 4.98. The van der Waals surface area contributed by atoms with Gasteiger partial charge in [0.25, 0.3) is 0 Å². The lowest BCUT2D eigenvalue weighted by atomic mass is 10.1. The molecule has 0 aliphatic heterocycles. The highest BCUT2D eigenvalue weighted by atomic mass is 32.1. The van der Waals surface area contributed by atoms with Crippen molar-refractivity contribution in [2.24, 2.45) is 0 Å². The predicted octanol–water partition coefficient (Wildman–Crippen LogP) is 4.55. The Kier molecular flexibility index (Phi) is 6.02. The number of thiazole rings is 1. The maximum atomic E-state index is 10.9. The average Bonchev–Trinajstić information content (AvgIpc) is 3.16. The number of ether oxygens (including phenoxy) is 1. The molecule has 0 saturated carbocycles. The van der Waals surface area contributed by atoms with E-state index in [1.165, 1.54) is 5.56 Å². The Morgan fingerprint density at radius 3 is 2.69 bits per heavy atom. The van der Waals surface area contributed by atoms with E-state index >= 15 is 0 Å². The molecule has 26 heavy (non-hydrogen) atoms. The molecule has 2 aromatic carbocycles. The van der Waals surface area contributed by atoms with E-state index in [2.05, 4.69) is 35.0 Å². The summed E-state index contributed by atoms with van der Waals surface area (Å²) < 4.78 is 5.29. The lowest BCUT2D eigenvalue weighted by molar-refractivity contribution is -0.118. The van der Waals surface area contributed by atoms with Crippen molar-refractivity contribution in [3.8, 4) is 27.6 Å². The van der Waals surface area contributed by atoms with Crippen LogP contribution in [0.15, 0.2) is 53.9 Å². The lowest BCUT2D eigenvalue weighted by Gasteiger charge is -2.04. The van der Waals surface area contributed by atoms with Crippen molar-refractivity contribution in [3.63, 3.8) is 0 Å². The first kappa shape index (κ1) is 18.1. The molecule has 0 aliphatic rings. The Bertz CT molecular complexity index is 872. The number of aryl methyl sites for hydroxylation is 1. The molecule has 0 aliphatic carbocycles. The highest BCUT2D eigenvalue weighted by Crippen LogP contribution is 2.30. The van der Waals surface area contributed by atoms with Crippen LogP contribution in [0.25, 0.3) is 21.8 Å². The smallest absolute Gasteiger partial charge is 0.216 e. The zero-order valence-corrected chi connectivity index (χ0v) is 15.8. The van der Waals surface area contributed by atoms with Gasteiger partial charge in [-0.25, -0.2) is 4.98 Å². The van der Waals surface area contributed by atoms with Crippen molar-refractivity contribution in [3.05, 3.63) is 59.5 Å². The van der Waals surface area contributed by atoms with Crippen molar-refractivity contribution in [2.75, 3.05) is 13.7 Å². The number of amides is 1. The van der Waals surface area contributed by atoms with Crippen molar-refractivity contribution in [1.29, 1.82) is 0 Å². The molecule has 1 amide bonds. The van der Waals surface area contributed by atoms with E-state index in [-0.39, 0.29) is 5.91 Å². The number of methoxy groups -OCH3 is 1. The fourth-order valence-corrected chi connectivity index (χ4v) is 3.52. The van der Waals surface area contributed by atoms with Gasteiger partial charge in [0.1, 0.15) is 10.8 Å². The molecule has 5 heteroatoms. The van der Waals surface area contributed by atoms with E-state index in [1.807, 2.05) is 24.3 Å². The summed E-state index contributed by atoms with van der Waals surface area (Å²) >= 11 is 1.63. The normalized spacial score (nSPS) is 10.5. The van der Waals surface area contributed by atoms with E-state index in [0.717, 1.165) is 40.4 Å². The summed E-state index contributed by atoms with van der Waals surface area (Å²) in [5.41, 5.74) is 4.43. The molecular formula is C21H22N2O2S. The quantitative estimate of drug-likeness (QED) is 0.624. The minimum absolute atomic E-state index is 0.0238. The van der Waals surface area contributed by atoms with Crippen LogP contribution in [0.1, 0.15) is 18.9 Å². The van der Waals surface area contributed by atoms with Gasteiger partial charge in [-0.2, -0.15) is 0 Å². The Hall–Kier alpha value is -2.66. The molecule has 0 saturated heterocycles. The number of benzene rings is 2. The summed E-state index contributed by atoms with van der Waals surface area (Å²) in [5, 5.41) is 5.89. The monoisotopic (exact) mass is 366 g/mol. The van der Waals surface area contributed by atoms with Gasteiger partial charge in [0.05, 0.1) is 12.8 Å². The average molecular weight is 366 g/mol. The molecule has 0 atom stereocenters. The highest BCUT2D eigenvalue weighted by Gasteiger charge is 2.08. The second-order valence-corrected chi connectivity index (χ2v) is 6.91. The van der Waals surface area contributed by atoms with Gasteiger partial charge in [-0.15, -0.1) is 11.3 Å². The summed E-state index contributed by atoms with van der Waals surface area (Å²) in [5.74, 6) is 0.860. The topological polar surface area (TPSA) is 51.2 Å². The number of aromatic nitrogens is 1. The van der Waals surface area contributed by atoms with Gasteiger partial charge in [-0.1, -0.05) is 36.4 Å². The van der Waals surface area contributed by atoms with Crippen molar-refractivity contribution < 1.29 is 9.53 Å². The van der Waals surface area contributed by atoms with Crippen molar-refractivity contribution >= 4 is 17.2 Å². The largest absolute Gasteiger partial charge is 0.497 e. The summed E-state index contributed by atoms with van der Waals surface area (Å²) in [6.07, 6.45) is 1.89. The number of carbonyl (C=O) groups is 1. The molecule has 134 valence electrons. The van der Waals surface area contributed by atoms with Crippen LogP contribution in [0.2, 0.25) is 0 Å². The second kappa shape index (κ2) is 8.63. The van der Waals surface area contributed by atoms with Gasteiger partial charge in [0, 0.05) is 30.0 Å². The van der Waals surface area contributed by atoms with E-state index in [9.17, 15) is 4.79 Å². The van der Waals surface area contributed by atoms with Crippen molar-refractivity contribution in [2.45, 2.75) is 19.8 Å². The molecule has 0 bridgehead atoms. The number of hydrogen-bond donors (Lipinski definition) is 1. The van der Waals surface area contributed by atoms with Crippen LogP contribution in [-0.4, -0.2) is 24.5 Å². The maximum absolute atomic E-state index is 10.9. The van der Waals surface area contributed by atoms with Crippen LogP contribution in [0.5, 0.6) is 5.75 Å². The molecule has 4 nitrogen and oxygen atoms in total. The number of rotatable bonds is 7. The zero-order chi connectivity index (χ0) is 18.4. The fraction of sp³-hybridized carbons (Fsp3) is 0.238. The van der Waals surface area contributed by atoms with Crippen molar-refractivity contribution in [1.82, 2.24) is 10.3 Å². The highest BCUT2D eigenvalue weighted by molar-refractivity contribution is 7.13. The van der Waals surface area contributed by atoms with E-state index in [4.69, 9.17) is 9.72 Å². The summed E-state index contributed by atoms with van der Waals surface area (Å²) in [6, 6.07) is 16.4. The van der Waals surface area contributed by atoms with Crippen LogP contribution in [-0.2, 0) is 11.2 Å².